The highest BCUT2D eigenvalue weighted by Gasteiger charge is 2.20. The number of rotatable bonds is 6. The summed E-state index contributed by atoms with van der Waals surface area (Å²) in [6.07, 6.45) is 0.972. The molecule has 0 bridgehead atoms. The molecule has 22 heavy (non-hydrogen) atoms. The van der Waals surface area contributed by atoms with E-state index in [4.69, 9.17) is 4.74 Å². The van der Waals surface area contributed by atoms with Crippen molar-refractivity contribution in [3.63, 3.8) is 0 Å². The van der Waals surface area contributed by atoms with E-state index in [9.17, 15) is 8.42 Å². The second kappa shape index (κ2) is 6.94. The molecule has 0 unspecified atom stereocenters. The molecule has 0 aliphatic rings. The molecule has 0 radical (unpaired) electrons. The summed E-state index contributed by atoms with van der Waals surface area (Å²) in [5.74, 6) is 0.636. The molecule has 0 aliphatic heterocycles. The van der Waals surface area contributed by atoms with Crippen molar-refractivity contribution in [3.8, 4) is 5.75 Å². The average Bonchev–Trinajstić information content (AvgIpc) is 2.55. The van der Waals surface area contributed by atoms with Crippen LogP contribution in [0.1, 0.15) is 18.1 Å². The molecule has 0 saturated heterocycles. The maximum absolute atomic E-state index is 12.5. The monoisotopic (exact) mass is 319 g/mol. The predicted octanol–water partition coefficient (Wildman–Crippen LogP) is 3.08. The van der Waals surface area contributed by atoms with Crippen LogP contribution in [0.25, 0.3) is 0 Å². The quantitative estimate of drug-likeness (QED) is 0.822. The van der Waals surface area contributed by atoms with Gasteiger partial charge >= 0.3 is 0 Å². The molecule has 0 fully saturated rings. The molecule has 0 amide bonds. The number of methoxy groups -OCH3 is 1. The van der Waals surface area contributed by atoms with E-state index < -0.39 is 10.0 Å². The molecule has 0 saturated carbocycles. The molecule has 0 heterocycles. The lowest BCUT2D eigenvalue weighted by Gasteiger charge is -2.17. The number of nitrogens with zero attached hydrogens (tertiary/aromatic N) is 1. The van der Waals surface area contributed by atoms with Gasteiger partial charge in [0.15, 0.2) is 0 Å². The first kappa shape index (κ1) is 16.5. The fourth-order valence-electron chi connectivity index (χ4n) is 2.15. The third-order valence-electron chi connectivity index (χ3n) is 3.60. The van der Waals surface area contributed by atoms with Crippen molar-refractivity contribution in [2.45, 2.75) is 24.8 Å². The summed E-state index contributed by atoms with van der Waals surface area (Å²) in [5, 5.41) is 0. The van der Waals surface area contributed by atoms with E-state index in [0.717, 1.165) is 12.0 Å². The minimum Gasteiger partial charge on any atom is -0.497 e. The number of aryl methyl sites for hydroxylation is 1. The van der Waals surface area contributed by atoms with Gasteiger partial charge in [0.25, 0.3) is 0 Å². The number of hydrogen-bond acceptors (Lipinski definition) is 3. The van der Waals surface area contributed by atoms with E-state index in [1.807, 2.05) is 24.3 Å². The summed E-state index contributed by atoms with van der Waals surface area (Å²) >= 11 is 0. The maximum atomic E-state index is 12.5. The van der Waals surface area contributed by atoms with Crippen LogP contribution in [0.5, 0.6) is 5.75 Å². The number of ether oxygens (including phenoxy) is 1. The Labute approximate surface area is 132 Å². The molecular formula is C17H21NO3S. The summed E-state index contributed by atoms with van der Waals surface area (Å²) in [5.41, 5.74) is 2.21. The van der Waals surface area contributed by atoms with Gasteiger partial charge in [-0.25, -0.2) is 8.42 Å². The van der Waals surface area contributed by atoms with Crippen molar-refractivity contribution in [3.05, 3.63) is 59.7 Å². The Kier molecular flexibility index (Phi) is 5.21. The van der Waals surface area contributed by atoms with Crippen LogP contribution in [0.4, 0.5) is 0 Å². The van der Waals surface area contributed by atoms with Crippen LogP contribution in [0.3, 0.4) is 0 Å². The summed E-state index contributed by atoms with van der Waals surface area (Å²) in [6, 6.07) is 14.4. The second-order valence-corrected chi connectivity index (χ2v) is 7.15. The second-order valence-electron chi connectivity index (χ2n) is 5.11. The summed E-state index contributed by atoms with van der Waals surface area (Å²) in [4.78, 5) is 0.265. The number of sulfonamides is 1. The van der Waals surface area contributed by atoms with E-state index in [2.05, 4.69) is 6.92 Å². The minimum absolute atomic E-state index is 0.265. The molecular weight excluding hydrogens is 298 g/mol. The van der Waals surface area contributed by atoms with Crippen LogP contribution in [0.15, 0.2) is 53.4 Å². The zero-order valence-corrected chi connectivity index (χ0v) is 13.9. The lowest BCUT2D eigenvalue weighted by atomic mass is 10.1. The Morgan fingerprint density at radius 2 is 1.50 bits per heavy atom. The lowest BCUT2D eigenvalue weighted by molar-refractivity contribution is 0.414. The van der Waals surface area contributed by atoms with Gasteiger partial charge in [-0.15, -0.1) is 0 Å². The Morgan fingerprint density at radius 1 is 0.955 bits per heavy atom. The van der Waals surface area contributed by atoms with Gasteiger partial charge in [0.2, 0.25) is 10.0 Å². The molecule has 2 aromatic rings. The van der Waals surface area contributed by atoms with Crippen molar-refractivity contribution >= 4 is 10.0 Å². The summed E-state index contributed by atoms with van der Waals surface area (Å²) in [6.45, 7) is 2.44. The molecule has 5 heteroatoms. The smallest absolute Gasteiger partial charge is 0.243 e. The van der Waals surface area contributed by atoms with E-state index in [0.29, 0.717) is 12.3 Å². The standard InChI is InChI=1S/C17H21NO3S/c1-4-14-5-7-15(8-6-14)13-18(2)22(19,20)17-11-9-16(21-3)10-12-17/h5-12H,4,13H2,1-3H3. The molecule has 0 aromatic heterocycles. The Morgan fingerprint density at radius 3 is 2.00 bits per heavy atom. The Hall–Kier alpha value is -1.85. The van der Waals surface area contributed by atoms with Gasteiger partial charge in [-0.1, -0.05) is 31.2 Å². The number of hydrogen-bond donors (Lipinski definition) is 0. The van der Waals surface area contributed by atoms with Crippen molar-refractivity contribution < 1.29 is 13.2 Å². The largest absolute Gasteiger partial charge is 0.497 e. The Bertz CT molecular complexity index is 707. The summed E-state index contributed by atoms with van der Waals surface area (Å²) < 4.78 is 31.5. The molecule has 4 nitrogen and oxygen atoms in total. The zero-order valence-electron chi connectivity index (χ0n) is 13.1. The zero-order chi connectivity index (χ0) is 16.2. The molecule has 2 aromatic carbocycles. The van der Waals surface area contributed by atoms with Gasteiger partial charge in [0.05, 0.1) is 12.0 Å². The predicted molar refractivity (Wildman–Crippen MR) is 87.5 cm³/mol. The molecule has 0 spiro atoms. The van der Waals surface area contributed by atoms with Crippen molar-refractivity contribution in [2.75, 3.05) is 14.2 Å². The van der Waals surface area contributed by atoms with E-state index in [-0.39, 0.29) is 4.90 Å². The van der Waals surface area contributed by atoms with Gasteiger partial charge in [-0.05, 0) is 41.8 Å². The highest BCUT2D eigenvalue weighted by molar-refractivity contribution is 7.89. The van der Waals surface area contributed by atoms with Crippen molar-refractivity contribution in [1.82, 2.24) is 4.31 Å². The fourth-order valence-corrected chi connectivity index (χ4v) is 3.31. The molecule has 118 valence electrons. The highest BCUT2D eigenvalue weighted by Crippen LogP contribution is 2.20. The first-order valence-electron chi connectivity index (χ1n) is 7.15. The van der Waals surface area contributed by atoms with Crippen molar-refractivity contribution in [2.24, 2.45) is 0 Å². The van der Waals surface area contributed by atoms with Crippen LogP contribution in [-0.2, 0) is 23.0 Å². The van der Waals surface area contributed by atoms with Crippen LogP contribution >= 0.6 is 0 Å². The first-order valence-corrected chi connectivity index (χ1v) is 8.59. The normalized spacial score (nSPS) is 11.6. The molecule has 0 N–H and O–H groups in total. The minimum atomic E-state index is -3.50. The van der Waals surface area contributed by atoms with E-state index in [1.54, 1.807) is 38.4 Å². The fraction of sp³-hybridized carbons (Fsp3) is 0.294. The average molecular weight is 319 g/mol. The SMILES string of the molecule is CCc1ccc(CN(C)S(=O)(=O)c2ccc(OC)cc2)cc1. The first-order chi connectivity index (χ1) is 10.5. The van der Waals surface area contributed by atoms with Gasteiger partial charge in [0, 0.05) is 13.6 Å². The van der Waals surface area contributed by atoms with Crippen LogP contribution in [0.2, 0.25) is 0 Å². The van der Waals surface area contributed by atoms with Crippen molar-refractivity contribution in [1.29, 1.82) is 0 Å². The number of benzene rings is 2. The van der Waals surface area contributed by atoms with Crippen LogP contribution in [-0.4, -0.2) is 26.9 Å². The molecule has 2 rings (SSSR count). The van der Waals surface area contributed by atoms with Crippen LogP contribution < -0.4 is 4.74 Å². The van der Waals surface area contributed by atoms with Crippen LogP contribution in [0, 0.1) is 0 Å². The highest BCUT2D eigenvalue weighted by atomic mass is 32.2. The Balaban J connectivity index is 2.16. The van der Waals surface area contributed by atoms with Gasteiger partial charge in [0.1, 0.15) is 5.75 Å². The van der Waals surface area contributed by atoms with E-state index >= 15 is 0 Å². The lowest BCUT2D eigenvalue weighted by Crippen LogP contribution is -2.26. The third kappa shape index (κ3) is 3.67. The van der Waals surface area contributed by atoms with Gasteiger partial charge < -0.3 is 4.74 Å². The van der Waals surface area contributed by atoms with Gasteiger partial charge in [-0.3, -0.25) is 0 Å². The third-order valence-corrected chi connectivity index (χ3v) is 5.42. The molecule has 0 aliphatic carbocycles. The van der Waals surface area contributed by atoms with Gasteiger partial charge in [-0.2, -0.15) is 4.31 Å². The topological polar surface area (TPSA) is 46.6 Å². The maximum Gasteiger partial charge on any atom is 0.243 e. The summed E-state index contributed by atoms with van der Waals surface area (Å²) in [7, 11) is -0.358. The van der Waals surface area contributed by atoms with E-state index in [1.165, 1.54) is 9.87 Å². The molecule has 0 atom stereocenters.